The van der Waals surface area contributed by atoms with Crippen LogP contribution in [0.2, 0.25) is 0 Å². The minimum Gasteiger partial charge on any atom is -0.479 e. The number of oxazole rings is 1. The van der Waals surface area contributed by atoms with Crippen LogP contribution in [0.4, 0.5) is 5.95 Å². The quantitative estimate of drug-likeness (QED) is 0.736. The number of nitrogens with zero attached hydrogens (tertiary/aromatic N) is 4. The number of rotatable bonds is 3. The van der Waals surface area contributed by atoms with Crippen LogP contribution in [-0.4, -0.2) is 26.3 Å². The van der Waals surface area contributed by atoms with E-state index >= 15 is 0 Å². The smallest absolute Gasteiger partial charge is 0.312 e. The van der Waals surface area contributed by atoms with Crippen molar-refractivity contribution in [1.29, 1.82) is 0 Å². The highest BCUT2D eigenvalue weighted by Gasteiger charge is 2.11. The molecule has 0 radical (unpaired) electrons. The number of hydrogen-bond donors (Lipinski definition) is 1. The molecule has 0 bridgehead atoms. The molecular weight excluding hydrogens is 256 g/mol. The van der Waals surface area contributed by atoms with Crippen molar-refractivity contribution in [1.82, 2.24) is 15.0 Å². The fourth-order valence-electron chi connectivity index (χ4n) is 1.59. The van der Waals surface area contributed by atoms with Gasteiger partial charge in [0.1, 0.15) is 0 Å². The van der Waals surface area contributed by atoms with Crippen LogP contribution in [0.1, 0.15) is 5.69 Å². The normalized spacial score (nSPS) is 11.0. The summed E-state index contributed by atoms with van der Waals surface area (Å²) in [5.41, 5.74) is 1.01. The first-order chi connectivity index (χ1) is 9.83. The lowest BCUT2D eigenvalue weighted by Crippen LogP contribution is -1.84. The lowest BCUT2D eigenvalue weighted by atomic mass is 10.2. The number of benzene rings is 1. The Morgan fingerprint density at radius 2 is 1.80 bits per heavy atom. The largest absolute Gasteiger partial charge is 0.479 e. The van der Waals surface area contributed by atoms with E-state index in [9.17, 15) is 5.11 Å². The van der Waals surface area contributed by atoms with E-state index in [-0.39, 0.29) is 17.6 Å². The Morgan fingerprint density at radius 3 is 2.55 bits per heavy atom. The molecule has 3 rings (SSSR count). The monoisotopic (exact) mass is 266 g/mol. The molecule has 0 aliphatic heterocycles. The van der Waals surface area contributed by atoms with Crippen LogP contribution in [-0.2, 0) is 0 Å². The first-order valence-electron chi connectivity index (χ1n) is 5.89. The van der Waals surface area contributed by atoms with Gasteiger partial charge in [0.15, 0.2) is 5.69 Å². The first-order valence-corrected chi connectivity index (χ1v) is 5.89. The third-order valence-electron chi connectivity index (χ3n) is 2.51. The van der Waals surface area contributed by atoms with Gasteiger partial charge in [0.05, 0.1) is 6.21 Å². The fourth-order valence-corrected chi connectivity index (χ4v) is 1.59. The van der Waals surface area contributed by atoms with Crippen LogP contribution in [0.25, 0.3) is 11.5 Å². The van der Waals surface area contributed by atoms with Gasteiger partial charge in [-0.2, -0.15) is 0 Å². The maximum atomic E-state index is 9.71. The summed E-state index contributed by atoms with van der Waals surface area (Å²) in [7, 11) is 0. The van der Waals surface area contributed by atoms with Crippen LogP contribution in [0, 0.1) is 0 Å². The second-order valence-corrected chi connectivity index (χ2v) is 3.88. The lowest BCUT2D eigenvalue weighted by molar-refractivity contribution is 0.337. The van der Waals surface area contributed by atoms with E-state index < -0.39 is 0 Å². The van der Waals surface area contributed by atoms with E-state index in [1.165, 1.54) is 6.21 Å². The summed E-state index contributed by atoms with van der Waals surface area (Å²) in [5.74, 6) is 0.332. The maximum absolute atomic E-state index is 9.71. The Hall–Kier alpha value is -3.02. The highest BCUT2D eigenvalue weighted by Crippen LogP contribution is 2.25. The zero-order valence-electron chi connectivity index (χ0n) is 10.3. The molecule has 6 heteroatoms. The van der Waals surface area contributed by atoms with Gasteiger partial charge in [-0.1, -0.05) is 18.2 Å². The van der Waals surface area contributed by atoms with Gasteiger partial charge in [0.25, 0.3) is 0 Å². The Kier molecular flexibility index (Phi) is 3.20. The minimum absolute atomic E-state index is 0.233. The van der Waals surface area contributed by atoms with Gasteiger partial charge in [-0.3, -0.25) is 0 Å². The highest BCUT2D eigenvalue weighted by molar-refractivity contribution is 5.82. The van der Waals surface area contributed by atoms with E-state index in [0.717, 1.165) is 5.56 Å². The van der Waals surface area contributed by atoms with Crippen LogP contribution < -0.4 is 0 Å². The summed E-state index contributed by atoms with van der Waals surface area (Å²) < 4.78 is 5.20. The number of aliphatic imine (C=N–C) groups is 1. The molecule has 0 fully saturated rings. The molecule has 0 amide bonds. The Morgan fingerprint density at radius 1 is 1.05 bits per heavy atom. The molecule has 0 unspecified atom stereocenters. The predicted molar refractivity (Wildman–Crippen MR) is 72.9 cm³/mol. The van der Waals surface area contributed by atoms with Crippen molar-refractivity contribution in [3.63, 3.8) is 0 Å². The van der Waals surface area contributed by atoms with Crippen LogP contribution >= 0.6 is 0 Å². The van der Waals surface area contributed by atoms with Gasteiger partial charge in [0, 0.05) is 18.0 Å². The van der Waals surface area contributed by atoms with Crippen LogP contribution in [0.3, 0.4) is 0 Å². The van der Waals surface area contributed by atoms with E-state index in [4.69, 9.17) is 4.42 Å². The van der Waals surface area contributed by atoms with Gasteiger partial charge in [-0.05, 0) is 18.2 Å². The molecular formula is C14H10N4O2. The molecule has 1 N–H and O–H groups in total. The summed E-state index contributed by atoms with van der Waals surface area (Å²) in [6.45, 7) is 0. The fraction of sp³-hybridized carbons (Fsp3) is 0. The number of aromatic hydroxyl groups is 1. The Balaban J connectivity index is 1.89. The van der Waals surface area contributed by atoms with E-state index in [0.29, 0.717) is 5.89 Å². The molecule has 2 heterocycles. The maximum Gasteiger partial charge on any atom is 0.312 e. The molecule has 2 aromatic heterocycles. The molecule has 98 valence electrons. The summed E-state index contributed by atoms with van der Waals surface area (Å²) >= 11 is 0. The molecule has 20 heavy (non-hydrogen) atoms. The van der Waals surface area contributed by atoms with Crippen molar-refractivity contribution in [2.75, 3.05) is 0 Å². The molecule has 3 aromatic rings. The van der Waals surface area contributed by atoms with Gasteiger partial charge in [-0.15, -0.1) is 0 Å². The zero-order chi connectivity index (χ0) is 13.8. The van der Waals surface area contributed by atoms with Gasteiger partial charge < -0.3 is 9.52 Å². The average Bonchev–Trinajstić information content (AvgIpc) is 2.88. The molecule has 0 saturated carbocycles. The van der Waals surface area contributed by atoms with Crippen LogP contribution in [0.15, 0.2) is 58.2 Å². The van der Waals surface area contributed by atoms with Crippen LogP contribution in [0.5, 0.6) is 5.95 Å². The average molecular weight is 266 g/mol. The van der Waals surface area contributed by atoms with Crippen molar-refractivity contribution in [3.05, 3.63) is 54.5 Å². The van der Waals surface area contributed by atoms with Crippen molar-refractivity contribution in [2.24, 2.45) is 4.99 Å². The summed E-state index contributed by atoms with van der Waals surface area (Å²) in [6, 6.07) is 11.0. The summed E-state index contributed by atoms with van der Waals surface area (Å²) in [6.07, 6.45) is 4.52. The molecule has 6 nitrogen and oxygen atoms in total. The zero-order valence-corrected chi connectivity index (χ0v) is 10.3. The topological polar surface area (TPSA) is 84.4 Å². The standard InChI is InChI=1S/C14H10N4O2/c19-13-11(9-17-14-15-7-4-8-16-14)18-12(20-13)10-5-2-1-3-6-10/h1-9,19H/b17-9+. The van der Waals surface area contributed by atoms with E-state index in [1.807, 2.05) is 30.3 Å². The molecule has 0 spiro atoms. The third-order valence-corrected chi connectivity index (χ3v) is 2.51. The van der Waals surface area contributed by atoms with Gasteiger partial charge in [-0.25, -0.2) is 19.9 Å². The number of aromatic nitrogens is 3. The molecule has 0 saturated heterocycles. The molecule has 0 aliphatic rings. The molecule has 0 aliphatic carbocycles. The SMILES string of the molecule is Oc1oc(-c2ccccc2)nc1/C=N/c1ncccn1. The first kappa shape index (κ1) is 12.0. The molecule has 1 aromatic carbocycles. The molecule has 0 atom stereocenters. The van der Waals surface area contributed by atoms with Crippen molar-refractivity contribution < 1.29 is 9.52 Å². The second kappa shape index (κ2) is 5.31. The Labute approximate surface area is 114 Å². The summed E-state index contributed by atoms with van der Waals surface area (Å²) in [4.78, 5) is 16.1. The minimum atomic E-state index is -0.288. The van der Waals surface area contributed by atoms with Crippen molar-refractivity contribution in [2.45, 2.75) is 0 Å². The van der Waals surface area contributed by atoms with E-state index in [1.54, 1.807) is 18.5 Å². The van der Waals surface area contributed by atoms with E-state index in [2.05, 4.69) is 19.9 Å². The predicted octanol–water partition coefficient (Wildman–Crippen LogP) is 2.59. The summed E-state index contributed by atoms with van der Waals surface area (Å²) in [5, 5.41) is 9.71. The lowest BCUT2D eigenvalue weighted by Gasteiger charge is -1.91. The number of hydrogen-bond acceptors (Lipinski definition) is 6. The van der Waals surface area contributed by atoms with Crippen molar-refractivity contribution >= 4 is 12.2 Å². The second-order valence-electron chi connectivity index (χ2n) is 3.88. The van der Waals surface area contributed by atoms with Crippen molar-refractivity contribution in [3.8, 4) is 17.4 Å². The van der Waals surface area contributed by atoms with Gasteiger partial charge in [0.2, 0.25) is 11.8 Å². The highest BCUT2D eigenvalue weighted by atomic mass is 16.5. The third kappa shape index (κ3) is 2.54. The Bertz CT molecular complexity index is 723. The van der Waals surface area contributed by atoms with Gasteiger partial charge >= 0.3 is 5.95 Å².